The summed E-state index contributed by atoms with van der Waals surface area (Å²) in [6.45, 7) is 11.8. The Kier molecular flexibility index (Phi) is 8.12. The number of hydrogen-bond donors (Lipinski definition) is 2. The van der Waals surface area contributed by atoms with E-state index in [0.29, 0.717) is 30.9 Å². The normalized spacial score (nSPS) is 20.2. The molecule has 2 unspecified atom stereocenters. The Hall–Kier alpha value is -1.86. The van der Waals surface area contributed by atoms with E-state index < -0.39 is 0 Å². The van der Waals surface area contributed by atoms with Crippen molar-refractivity contribution in [2.75, 3.05) is 46.0 Å². The molecule has 1 aromatic rings. The molecule has 2 fully saturated rings. The molecule has 1 aromatic carbocycles. The molecule has 6 nitrogen and oxygen atoms in total. The topological polar surface area (TPSA) is 58.1 Å². The van der Waals surface area contributed by atoms with Gasteiger partial charge < -0.3 is 20.1 Å². The number of nitrogens with one attached hydrogen (secondary N) is 2. The molecule has 2 atom stereocenters. The van der Waals surface area contributed by atoms with Crippen LogP contribution in [0.3, 0.4) is 0 Å². The molecular formula is C22H35FN4O2. The molecule has 3 rings (SSSR count). The van der Waals surface area contributed by atoms with Gasteiger partial charge in [0.25, 0.3) is 0 Å². The second kappa shape index (κ2) is 10.8. The van der Waals surface area contributed by atoms with Crippen LogP contribution < -0.4 is 15.4 Å². The van der Waals surface area contributed by atoms with Gasteiger partial charge in [0.1, 0.15) is 0 Å². The zero-order valence-electron chi connectivity index (χ0n) is 17.9. The number of morpholine rings is 1. The van der Waals surface area contributed by atoms with E-state index in [0.717, 1.165) is 44.4 Å². The summed E-state index contributed by atoms with van der Waals surface area (Å²) in [5.74, 6) is 1.38. The molecule has 0 amide bonds. The standard InChI is InChI=1S/C22H35FN4O2/c1-4-24-22(25-14-16(2)27-9-11-28-12-10-27)26-17(3)19-7-8-21(20(23)13-19)29-15-18-5-6-18/h7-8,13,16-18H,4-6,9-12,14-15H2,1-3H3,(H2,24,25,26). The van der Waals surface area contributed by atoms with Gasteiger partial charge in [-0.25, -0.2) is 4.39 Å². The van der Waals surface area contributed by atoms with Gasteiger partial charge >= 0.3 is 0 Å². The lowest BCUT2D eigenvalue weighted by molar-refractivity contribution is 0.0220. The van der Waals surface area contributed by atoms with E-state index in [-0.39, 0.29) is 11.9 Å². The number of benzene rings is 1. The predicted molar refractivity (Wildman–Crippen MR) is 114 cm³/mol. The van der Waals surface area contributed by atoms with Crippen LogP contribution in [0, 0.1) is 11.7 Å². The van der Waals surface area contributed by atoms with Crippen molar-refractivity contribution in [3.63, 3.8) is 0 Å². The quantitative estimate of drug-likeness (QED) is 0.488. The second-order valence-electron chi connectivity index (χ2n) is 8.03. The minimum Gasteiger partial charge on any atom is -0.490 e. The summed E-state index contributed by atoms with van der Waals surface area (Å²) in [6.07, 6.45) is 2.38. The maximum Gasteiger partial charge on any atom is 0.191 e. The van der Waals surface area contributed by atoms with Gasteiger partial charge in [-0.3, -0.25) is 9.89 Å². The third kappa shape index (κ3) is 6.85. The molecule has 0 aromatic heterocycles. The fourth-order valence-electron chi connectivity index (χ4n) is 3.36. The number of rotatable bonds is 9. The molecule has 1 heterocycles. The molecule has 1 saturated carbocycles. The van der Waals surface area contributed by atoms with Gasteiger partial charge in [0.2, 0.25) is 0 Å². The number of guanidine groups is 1. The van der Waals surface area contributed by atoms with Crippen LogP contribution in [0.2, 0.25) is 0 Å². The van der Waals surface area contributed by atoms with Gasteiger partial charge in [-0.2, -0.15) is 0 Å². The molecule has 162 valence electrons. The van der Waals surface area contributed by atoms with Crippen LogP contribution in [-0.4, -0.2) is 62.9 Å². The Balaban J connectivity index is 1.56. The van der Waals surface area contributed by atoms with Gasteiger partial charge in [-0.15, -0.1) is 0 Å². The Bertz CT molecular complexity index is 675. The minimum atomic E-state index is -0.306. The Morgan fingerprint density at radius 2 is 2.07 bits per heavy atom. The second-order valence-corrected chi connectivity index (χ2v) is 8.03. The summed E-state index contributed by atoms with van der Waals surface area (Å²) < 4.78 is 25.4. The lowest BCUT2D eigenvalue weighted by Crippen LogP contribution is -2.44. The monoisotopic (exact) mass is 406 g/mol. The smallest absolute Gasteiger partial charge is 0.191 e. The van der Waals surface area contributed by atoms with Crippen molar-refractivity contribution in [3.8, 4) is 5.75 Å². The molecule has 1 aliphatic heterocycles. The first-order valence-corrected chi connectivity index (χ1v) is 10.9. The van der Waals surface area contributed by atoms with Gasteiger partial charge in [0, 0.05) is 25.7 Å². The average molecular weight is 407 g/mol. The highest BCUT2D eigenvalue weighted by Gasteiger charge is 2.22. The summed E-state index contributed by atoms with van der Waals surface area (Å²) >= 11 is 0. The highest BCUT2D eigenvalue weighted by atomic mass is 19.1. The summed E-state index contributed by atoms with van der Waals surface area (Å²) in [6, 6.07) is 5.49. The first-order valence-electron chi connectivity index (χ1n) is 10.9. The summed E-state index contributed by atoms with van der Waals surface area (Å²) in [4.78, 5) is 7.14. The third-order valence-corrected chi connectivity index (χ3v) is 5.51. The molecule has 2 aliphatic rings. The molecule has 0 bridgehead atoms. The average Bonchev–Trinajstić information content (AvgIpc) is 3.56. The Morgan fingerprint density at radius 3 is 2.72 bits per heavy atom. The van der Waals surface area contributed by atoms with E-state index in [1.54, 1.807) is 12.1 Å². The van der Waals surface area contributed by atoms with Crippen LogP contribution in [0.4, 0.5) is 4.39 Å². The molecule has 2 N–H and O–H groups in total. The zero-order chi connectivity index (χ0) is 20.6. The van der Waals surface area contributed by atoms with E-state index in [9.17, 15) is 4.39 Å². The largest absolute Gasteiger partial charge is 0.490 e. The fraction of sp³-hybridized carbons (Fsp3) is 0.682. The van der Waals surface area contributed by atoms with E-state index in [4.69, 9.17) is 14.5 Å². The minimum absolute atomic E-state index is 0.0709. The number of hydrogen-bond acceptors (Lipinski definition) is 4. The molecule has 7 heteroatoms. The number of halogens is 1. The van der Waals surface area contributed by atoms with Crippen molar-refractivity contribution < 1.29 is 13.9 Å². The zero-order valence-corrected chi connectivity index (χ0v) is 17.9. The van der Waals surface area contributed by atoms with Crippen LogP contribution in [0.5, 0.6) is 5.75 Å². The van der Waals surface area contributed by atoms with E-state index in [2.05, 4.69) is 22.5 Å². The van der Waals surface area contributed by atoms with Gasteiger partial charge in [0.15, 0.2) is 17.5 Å². The van der Waals surface area contributed by atoms with E-state index in [1.165, 1.54) is 12.8 Å². The van der Waals surface area contributed by atoms with Crippen LogP contribution in [0.15, 0.2) is 23.2 Å². The fourth-order valence-corrected chi connectivity index (χ4v) is 3.36. The van der Waals surface area contributed by atoms with Gasteiger partial charge in [0.05, 0.1) is 32.4 Å². The van der Waals surface area contributed by atoms with Crippen molar-refractivity contribution in [1.29, 1.82) is 0 Å². The highest BCUT2D eigenvalue weighted by Crippen LogP contribution is 2.30. The molecule has 1 aliphatic carbocycles. The first kappa shape index (κ1) is 21.8. The van der Waals surface area contributed by atoms with Crippen molar-refractivity contribution in [1.82, 2.24) is 15.5 Å². The summed E-state index contributed by atoms with van der Waals surface area (Å²) in [5, 5.41) is 6.67. The van der Waals surface area contributed by atoms with Crippen LogP contribution in [-0.2, 0) is 4.74 Å². The molecule has 0 spiro atoms. The van der Waals surface area contributed by atoms with E-state index in [1.807, 2.05) is 19.9 Å². The van der Waals surface area contributed by atoms with Gasteiger partial charge in [-0.1, -0.05) is 6.07 Å². The lowest BCUT2D eigenvalue weighted by Gasteiger charge is -2.31. The number of nitrogens with zero attached hydrogens (tertiary/aromatic N) is 2. The first-order chi connectivity index (χ1) is 14.1. The maximum absolute atomic E-state index is 14.4. The highest BCUT2D eigenvalue weighted by molar-refractivity contribution is 5.80. The molecular weight excluding hydrogens is 371 g/mol. The Morgan fingerprint density at radius 1 is 1.31 bits per heavy atom. The summed E-state index contributed by atoms with van der Waals surface area (Å²) in [5.41, 5.74) is 0.869. The van der Waals surface area contributed by atoms with E-state index >= 15 is 0 Å². The SMILES string of the molecule is CCNC(=NCC(C)N1CCOCC1)NC(C)c1ccc(OCC2CC2)c(F)c1. The van der Waals surface area contributed by atoms with Crippen molar-refractivity contribution >= 4 is 5.96 Å². The molecule has 1 saturated heterocycles. The lowest BCUT2D eigenvalue weighted by atomic mass is 10.1. The van der Waals surface area contributed by atoms with Crippen molar-refractivity contribution in [2.24, 2.45) is 10.9 Å². The molecule has 0 radical (unpaired) electrons. The van der Waals surface area contributed by atoms with Crippen LogP contribution >= 0.6 is 0 Å². The maximum atomic E-state index is 14.4. The van der Waals surface area contributed by atoms with Crippen molar-refractivity contribution in [3.05, 3.63) is 29.6 Å². The third-order valence-electron chi connectivity index (χ3n) is 5.51. The van der Waals surface area contributed by atoms with Gasteiger partial charge in [-0.05, 0) is 57.2 Å². The Labute approximate surface area is 173 Å². The van der Waals surface area contributed by atoms with Crippen LogP contribution in [0.25, 0.3) is 0 Å². The van der Waals surface area contributed by atoms with Crippen LogP contribution in [0.1, 0.15) is 45.2 Å². The number of aliphatic imine (C=N–C) groups is 1. The number of ether oxygens (including phenoxy) is 2. The predicted octanol–water partition coefficient (Wildman–Crippen LogP) is 2.95. The van der Waals surface area contributed by atoms with Crippen molar-refractivity contribution in [2.45, 2.75) is 45.7 Å². The molecule has 29 heavy (non-hydrogen) atoms. The summed E-state index contributed by atoms with van der Waals surface area (Å²) in [7, 11) is 0.